The number of nitrogens with zero attached hydrogens (tertiary/aromatic N) is 2. The first-order valence-electron chi connectivity index (χ1n) is 4.63. The quantitative estimate of drug-likeness (QED) is 0.533. The Balaban J connectivity index is 2.61. The summed E-state index contributed by atoms with van der Waals surface area (Å²) in [4.78, 5) is 25.8. The Morgan fingerprint density at radius 2 is 2.12 bits per heavy atom. The maximum atomic E-state index is 11.5. The van der Waals surface area contributed by atoms with Gasteiger partial charge >= 0.3 is 5.97 Å². The Hall–Kier alpha value is -2.12. The molecule has 1 rings (SSSR count). The molecule has 0 radical (unpaired) electrons. The molecule has 2 atom stereocenters. The van der Waals surface area contributed by atoms with E-state index in [1.807, 2.05) is 0 Å². The number of nitrogens with two attached hydrogens (primary N) is 1. The number of nitrogen functional groups attached to an aromatic ring is 1. The third-order valence-electron chi connectivity index (χ3n) is 2.22. The molecule has 0 aliphatic carbocycles. The number of aliphatic carboxylic acids is 1. The second-order valence-electron chi connectivity index (χ2n) is 3.43. The van der Waals surface area contributed by atoms with Gasteiger partial charge in [0.05, 0.1) is 5.92 Å². The Morgan fingerprint density at radius 1 is 1.50 bits per heavy atom. The van der Waals surface area contributed by atoms with Crippen molar-refractivity contribution in [1.82, 2.24) is 20.5 Å². The van der Waals surface area contributed by atoms with Crippen LogP contribution in [0.3, 0.4) is 0 Å². The summed E-state index contributed by atoms with van der Waals surface area (Å²) in [5.74, 6) is -2.29. The first-order chi connectivity index (χ1) is 7.41. The van der Waals surface area contributed by atoms with Crippen LogP contribution in [0.1, 0.15) is 24.5 Å². The molecule has 0 aliphatic rings. The van der Waals surface area contributed by atoms with Crippen LogP contribution >= 0.6 is 0 Å². The molecule has 0 spiro atoms. The van der Waals surface area contributed by atoms with E-state index in [4.69, 9.17) is 10.8 Å². The van der Waals surface area contributed by atoms with Crippen LogP contribution in [0.4, 0.5) is 5.95 Å². The number of amides is 1. The number of hydrogen-bond donors (Lipinski definition) is 4. The van der Waals surface area contributed by atoms with Gasteiger partial charge in [-0.05, 0) is 13.8 Å². The molecular weight excluding hydrogens is 214 g/mol. The maximum absolute atomic E-state index is 11.5. The minimum Gasteiger partial charge on any atom is -0.481 e. The predicted octanol–water partition coefficient (Wildman–Crippen LogP) is -0.774. The highest BCUT2D eigenvalue weighted by Gasteiger charge is 2.22. The predicted molar refractivity (Wildman–Crippen MR) is 54.5 cm³/mol. The number of hydrogen-bond acceptors (Lipinski definition) is 5. The average molecular weight is 227 g/mol. The lowest BCUT2D eigenvalue weighted by Crippen LogP contribution is -2.40. The Labute approximate surface area is 91.2 Å². The molecule has 0 bridgehead atoms. The van der Waals surface area contributed by atoms with Crippen LogP contribution < -0.4 is 11.1 Å². The van der Waals surface area contributed by atoms with Crippen molar-refractivity contribution in [2.24, 2.45) is 5.92 Å². The summed E-state index contributed by atoms with van der Waals surface area (Å²) in [6.07, 6.45) is 0. The maximum Gasteiger partial charge on any atom is 0.308 e. The minimum atomic E-state index is -0.982. The number of aromatic amines is 1. The summed E-state index contributed by atoms with van der Waals surface area (Å²) in [5, 5.41) is 17.0. The molecule has 0 saturated carbocycles. The van der Waals surface area contributed by atoms with Gasteiger partial charge in [-0.1, -0.05) is 0 Å². The van der Waals surface area contributed by atoms with Crippen molar-refractivity contribution in [2.45, 2.75) is 19.9 Å². The highest BCUT2D eigenvalue weighted by Crippen LogP contribution is 2.03. The SMILES string of the molecule is CC(NC(=O)c1nc(N)n[nH]1)C(C)C(=O)O. The Kier molecular flexibility index (Phi) is 3.44. The summed E-state index contributed by atoms with van der Waals surface area (Å²) in [7, 11) is 0. The Bertz CT molecular complexity index is 402. The highest BCUT2D eigenvalue weighted by atomic mass is 16.4. The topological polar surface area (TPSA) is 134 Å². The van der Waals surface area contributed by atoms with Gasteiger partial charge in [-0.15, -0.1) is 5.10 Å². The number of carbonyl (C=O) groups is 2. The van der Waals surface area contributed by atoms with Crippen LogP contribution in [-0.2, 0) is 4.79 Å². The normalized spacial score (nSPS) is 14.1. The summed E-state index contributed by atoms with van der Waals surface area (Å²) >= 11 is 0. The number of carboxylic acids is 1. The largest absolute Gasteiger partial charge is 0.481 e. The van der Waals surface area contributed by atoms with E-state index < -0.39 is 23.8 Å². The van der Waals surface area contributed by atoms with Crippen LogP contribution in [0.5, 0.6) is 0 Å². The first kappa shape index (κ1) is 12.0. The lowest BCUT2D eigenvalue weighted by atomic mass is 10.0. The molecule has 1 aromatic rings. The zero-order valence-electron chi connectivity index (χ0n) is 8.89. The van der Waals surface area contributed by atoms with Gasteiger partial charge < -0.3 is 16.2 Å². The Morgan fingerprint density at radius 3 is 2.56 bits per heavy atom. The van der Waals surface area contributed by atoms with Crippen molar-refractivity contribution >= 4 is 17.8 Å². The van der Waals surface area contributed by atoms with Crippen molar-refractivity contribution in [3.05, 3.63) is 5.82 Å². The molecule has 0 aromatic carbocycles. The molecule has 1 aromatic heterocycles. The molecule has 16 heavy (non-hydrogen) atoms. The molecule has 0 saturated heterocycles. The van der Waals surface area contributed by atoms with Crippen LogP contribution in [0, 0.1) is 5.92 Å². The van der Waals surface area contributed by atoms with Gasteiger partial charge in [0.1, 0.15) is 0 Å². The zero-order chi connectivity index (χ0) is 12.3. The lowest BCUT2D eigenvalue weighted by Gasteiger charge is -2.16. The minimum absolute atomic E-state index is 0.0379. The number of carboxylic acid groups (broad SMARTS) is 1. The zero-order valence-corrected chi connectivity index (χ0v) is 8.89. The number of H-pyrrole nitrogens is 1. The molecule has 0 fully saturated rings. The average Bonchev–Trinajstić information content (AvgIpc) is 2.63. The van der Waals surface area contributed by atoms with E-state index in [0.29, 0.717) is 0 Å². The summed E-state index contributed by atoms with van der Waals surface area (Å²) in [5.41, 5.74) is 5.23. The van der Waals surface area contributed by atoms with Crippen molar-refractivity contribution in [3.63, 3.8) is 0 Å². The molecule has 88 valence electrons. The van der Waals surface area contributed by atoms with E-state index in [1.165, 1.54) is 6.92 Å². The van der Waals surface area contributed by atoms with Gasteiger partial charge in [0.2, 0.25) is 11.8 Å². The molecule has 1 heterocycles. The standard InChI is InChI=1S/C8H13N5O3/c1-3(7(15)16)4(2)10-6(14)5-11-8(9)13-12-5/h3-4H,1-2H3,(H,10,14)(H,15,16)(H3,9,11,12,13). The molecule has 0 aliphatic heterocycles. The van der Waals surface area contributed by atoms with Crippen molar-refractivity contribution in [3.8, 4) is 0 Å². The fourth-order valence-electron chi connectivity index (χ4n) is 0.990. The van der Waals surface area contributed by atoms with E-state index >= 15 is 0 Å². The van der Waals surface area contributed by atoms with Gasteiger partial charge in [0.15, 0.2) is 0 Å². The first-order valence-corrected chi connectivity index (χ1v) is 4.63. The second kappa shape index (κ2) is 4.60. The van der Waals surface area contributed by atoms with Gasteiger partial charge in [-0.3, -0.25) is 14.7 Å². The van der Waals surface area contributed by atoms with Crippen LogP contribution in [0.15, 0.2) is 0 Å². The third kappa shape index (κ3) is 2.69. The number of rotatable bonds is 4. The van der Waals surface area contributed by atoms with Crippen molar-refractivity contribution < 1.29 is 14.7 Å². The fourth-order valence-corrected chi connectivity index (χ4v) is 0.990. The van der Waals surface area contributed by atoms with Gasteiger partial charge in [-0.25, -0.2) is 0 Å². The lowest BCUT2D eigenvalue weighted by molar-refractivity contribution is -0.141. The number of nitrogens with one attached hydrogen (secondary N) is 2. The number of anilines is 1. The van der Waals surface area contributed by atoms with Crippen LogP contribution in [0.25, 0.3) is 0 Å². The summed E-state index contributed by atoms with van der Waals surface area (Å²) < 4.78 is 0. The van der Waals surface area contributed by atoms with E-state index in [0.717, 1.165) is 0 Å². The number of aromatic nitrogens is 3. The monoisotopic (exact) mass is 227 g/mol. The van der Waals surface area contributed by atoms with Gasteiger partial charge in [0, 0.05) is 6.04 Å². The van der Waals surface area contributed by atoms with Gasteiger partial charge in [0.25, 0.3) is 5.91 Å². The fraction of sp³-hybridized carbons (Fsp3) is 0.500. The second-order valence-corrected chi connectivity index (χ2v) is 3.43. The van der Waals surface area contributed by atoms with E-state index in [-0.39, 0.29) is 11.8 Å². The van der Waals surface area contributed by atoms with Crippen LogP contribution in [0.2, 0.25) is 0 Å². The van der Waals surface area contributed by atoms with E-state index in [9.17, 15) is 9.59 Å². The van der Waals surface area contributed by atoms with Crippen molar-refractivity contribution in [1.29, 1.82) is 0 Å². The molecule has 8 nitrogen and oxygen atoms in total. The summed E-state index contributed by atoms with van der Waals surface area (Å²) in [6.45, 7) is 3.10. The van der Waals surface area contributed by atoms with E-state index in [2.05, 4.69) is 20.5 Å². The molecule has 2 unspecified atom stereocenters. The molecular formula is C8H13N5O3. The smallest absolute Gasteiger partial charge is 0.308 e. The number of carbonyl (C=O) groups excluding carboxylic acids is 1. The molecule has 8 heteroatoms. The van der Waals surface area contributed by atoms with E-state index in [1.54, 1.807) is 6.92 Å². The highest BCUT2D eigenvalue weighted by molar-refractivity contribution is 5.91. The summed E-state index contributed by atoms with van der Waals surface area (Å²) in [6, 6.07) is -0.517. The van der Waals surface area contributed by atoms with Gasteiger partial charge in [-0.2, -0.15) is 4.98 Å². The van der Waals surface area contributed by atoms with Crippen molar-refractivity contribution in [2.75, 3.05) is 5.73 Å². The molecule has 5 N–H and O–H groups in total. The molecule has 1 amide bonds. The third-order valence-corrected chi connectivity index (χ3v) is 2.22. The van der Waals surface area contributed by atoms with Crippen LogP contribution in [-0.4, -0.2) is 38.2 Å².